The highest BCUT2D eigenvalue weighted by Gasteiger charge is 2.20. The predicted octanol–water partition coefficient (Wildman–Crippen LogP) is 2.21. The molecule has 0 radical (unpaired) electrons. The van der Waals surface area contributed by atoms with Gasteiger partial charge in [-0.1, -0.05) is 23.7 Å². The maximum atomic E-state index is 12.0. The van der Waals surface area contributed by atoms with Gasteiger partial charge in [0.2, 0.25) is 15.9 Å². The fourth-order valence-corrected chi connectivity index (χ4v) is 2.96. The predicted molar refractivity (Wildman–Crippen MR) is 97.9 cm³/mol. The lowest BCUT2D eigenvalue weighted by molar-refractivity contribution is -0.384. The number of nitro groups is 1. The van der Waals surface area contributed by atoms with Crippen molar-refractivity contribution in [2.45, 2.75) is 4.90 Å². The molecule has 1 amide bonds. The van der Waals surface area contributed by atoms with Crippen LogP contribution in [0.5, 0.6) is 0 Å². The van der Waals surface area contributed by atoms with Gasteiger partial charge in [0, 0.05) is 6.07 Å². The highest BCUT2D eigenvalue weighted by atomic mass is 35.5. The summed E-state index contributed by atoms with van der Waals surface area (Å²) >= 11 is 5.94. The zero-order valence-corrected chi connectivity index (χ0v) is 15.1. The van der Waals surface area contributed by atoms with Crippen molar-refractivity contribution in [3.8, 4) is 0 Å². The molecule has 0 heterocycles. The van der Waals surface area contributed by atoms with E-state index in [1.807, 2.05) is 0 Å². The van der Waals surface area contributed by atoms with E-state index in [-0.39, 0.29) is 17.1 Å². The summed E-state index contributed by atoms with van der Waals surface area (Å²) in [7, 11) is -2.62. The van der Waals surface area contributed by atoms with Gasteiger partial charge in [0.25, 0.3) is 5.69 Å². The third-order valence-corrected chi connectivity index (χ3v) is 5.07. The summed E-state index contributed by atoms with van der Waals surface area (Å²) in [6.45, 7) is -0.274. The van der Waals surface area contributed by atoms with Crippen LogP contribution < -0.4 is 15.4 Å². The van der Waals surface area contributed by atoms with Crippen LogP contribution in [0.4, 0.5) is 17.1 Å². The maximum absolute atomic E-state index is 12.0. The lowest BCUT2D eigenvalue weighted by atomic mass is 10.2. The molecule has 138 valence electrons. The average molecular weight is 399 g/mol. The van der Waals surface area contributed by atoms with Crippen LogP contribution in [0, 0.1) is 10.1 Å². The molecule has 11 heteroatoms. The Morgan fingerprint density at radius 3 is 2.50 bits per heavy atom. The topological polar surface area (TPSA) is 130 Å². The van der Waals surface area contributed by atoms with E-state index in [0.29, 0.717) is 10.7 Å². The van der Waals surface area contributed by atoms with Crippen molar-refractivity contribution < 1.29 is 18.1 Å². The molecule has 0 saturated carbocycles. The average Bonchev–Trinajstić information content (AvgIpc) is 2.61. The zero-order chi connectivity index (χ0) is 19.3. The molecule has 9 nitrogen and oxygen atoms in total. The third kappa shape index (κ3) is 4.69. The van der Waals surface area contributed by atoms with Crippen molar-refractivity contribution in [1.82, 2.24) is 4.72 Å². The van der Waals surface area contributed by atoms with Gasteiger partial charge in [-0.3, -0.25) is 14.9 Å². The van der Waals surface area contributed by atoms with Crippen LogP contribution in [0.3, 0.4) is 0 Å². The largest absolute Gasteiger partial charge is 0.371 e. The molecule has 0 spiro atoms. The number of para-hydroxylation sites is 1. The molecule has 0 unspecified atom stereocenters. The summed E-state index contributed by atoms with van der Waals surface area (Å²) in [6.07, 6.45) is 0. The fraction of sp³-hybridized carbons (Fsp3) is 0.133. The molecule has 0 atom stereocenters. The monoisotopic (exact) mass is 398 g/mol. The number of nitrogens with zero attached hydrogens (tertiary/aromatic N) is 1. The summed E-state index contributed by atoms with van der Waals surface area (Å²) in [5.74, 6) is -0.473. The van der Waals surface area contributed by atoms with Gasteiger partial charge in [0.1, 0.15) is 5.69 Å². The number of amides is 1. The number of hydrogen-bond acceptors (Lipinski definition) is 6. The Bertz CT molecular complexity index is 949. The van der Waals surface area contributed by atoms with Crippen LogP contribution in [-0.4, -0.2) is 32.8 Å². The second kappa shape index (κ2) is 8.13. The highest BCUT2D eigenvalue weighted by Crippen LogP contribution is 2.27. The van der Waals surface area contributed by atoms with Gasteiger partial charge in [0.15, 0.2) is 0 Å². The normalized spacial score (nSPS) is 11.0. The van der Waals surface area contributed by atoms with Gasteiger partial charge in [-0.15, -0.1) is 0 Å². The van der Waals surface area contributed by atoms with Gasteiger partial charge >= 0.3 is 0 Å². The number of halogens is 1. The molecule has 26 heavy (non-hydrogen) atoms. The summed E-state index contributed by atoms with van der Waals surface area (Å²) in [6, 6.07) is 9.97. The maximum Gasteiger partial charge on any atom is 0.293 e. The number of rotatable bonds is 7. The Kier molecular flexibility index (Phi) is 6.14. The minimum absolute atomic E-state index is 0.0133. The number of benzene rings is 2. The zero-order valence-electron chi connectivity index (χ0n) is 13.5. The molecule has 0 aliphatic carbocycles. The van der Waals surface area contributed by atoms with Crippen molar-refractivity contribution in [3.63, 3.8) is 0 Å². The fourth-order valence-electron chi connectivity index (χ4n) is 2.03. The first-order valence-electron chi connectivity index (χ1n) is 7.25. The third-order valence-electron chi connectivity index (χ3n) is 3.33. The molecule has 2 aromatic rings. The van der Waals surface area contributed by atoms with Gasteiger partial charge in [0.05, 0.1) is 27.1 Å². The van der Waals surface area contributed by atoms with Gasteiger partial charge in [-0.25, -0.2) is 13.1 Å². The minimum atomic E-state index is -3.82. The van der Waals surface area contributed by atoms with Crippen LogP contribution in [0.1, 0.15) is 0 Å². The van der Waals surface area contributed by atoms with Crippen LogP contribution in [-0.2, 0) is 14.8 Å². The molecule has 0 aliphatic rings. The molecular formula is C15H15ClN4O5S. The van der Waals surface area contributed by atoms with Crippen LogP contribution >= 0.6 is 11.6 Å². The van der Waals surface area contributed by atoms with Gasteiger partial charge < -0.3 is 10.6 Å². The van der Waals surface area contributed by atoms with Crippen LogP contribution in [0.15, 0.2) is 47.4 Å². The second-order valence-electron chi connectivity index (χ2n) is 5.03. The Balaban J connectivity index is 2.15. The first-order valence-corrected chi connectivity index (χ1v) is 9.11. The summed E-state index contributed by atoms with van der Waals surface area (Å²) in [5, 5.41) is 16.7. The van der Waals surface area contributed by atoms with E-state index in [0.717, 1.165) is 6.07 Å². The number of nitrogens with one attached hydrogen (secondary N) is 3. The first-order chi connectivity index (χ1) is 12.2. The van der Waals surface area contributed by atoms with Crippen molar-refractivity contribution in [2.24, 2.45) is 0 Å². The van der Waals surface area contributed by atoms with Crippen molar-refractivity contribution in [3.05, 3.63) is 57.6 Å². The number of anilines is 2. The molecule has 2 rings (SSSR count). The molecule has 0 aliphatic heterocycles. The number of sulfonamides is 1. The Morgan fingerprint density at radius 2 is 1.88 bits per heavy atom. The number of hydrogen-bond donors (Lipinski definition) is 3. The van der Waals surface area contributed by atoms with E-state index in [2.05, 4.69) is 15.4 Å². The SMILES string of the molecule is CNS(=O)(=O)c1ccc(NCC(=O)Nc2ccccc2Cl)c([N+](=O)[O-])c1. The molecule has 0 saturated heterocycles. The molecule has 0 bridgehead atoms. The smallest absolute Gasteiger partial charge is 0.293 e. The standard InChI is InChI=1S/C15H15ClN4O5S/c1-17-26(24,25)10-6-7-13(14(8-10)20(22)23)18-9-15(21)19-12-5-3-2-4-11(12)16/h2-8,17-18H,9H2,1H3,(H,19,21). The number of carbonyl (C=O) groups is 1. The molecule has 0 fully saturated rings. The van der Waals surface area contributed by atoms with Gasteiger partial charge in [-0.2, -0.15) is 0 Å². The summed E-state index contributed by atoms with van der Waals surface area (Å²) in [5.41, 5.74) is -0.0443. The quantitative estimate of drug-likeness (QED) is 0.484. The van der Waals surface area contributed by atoms with Crippen LogP contribution in [0.2, 0.25) is 5.02 Å². The summed E-state index contributed by atoms with van der Waals surface area (Å²) < 4.78 is 25.6. The molecule has 2 aromatic carbocycles. The van der Waals surface area contributed by atoms with Crippen molar-refractivity contribution >= 4 is 44.6 Å². The van der Waals surface area contributed by atoms with E-state index in [9.17, 15) is 23.3 Å². The van der Waals surface area contributed by atoms with Gasteiger partial charge in [-0.05, 0) is 31.3 Å². The Labute approximate surface area is 154 Å². The molecular weight excluding hydrogens is 384 g/mol. The second-order valence-corrected chi connectivity index (χ2v) is 7.32. The van der Waals surface area contributed by atoms with E-state index >= 15 is 0 Å². The van der Waals surface area contributed by atoms with E-state index in [4.69, 9.17) is 11.6 Å². The summed E-state index contributed by atoms with van der Waals surface area (Å²) in [4.78, 5) is 22.2. The van der Waals surface area contributed by atoms with E-state index < -0.39 is 26.5 Å². The number of carbonyl (C=O) groups excluding carboxylic acids is 1. The number of nitro benzene ring substituents is 1. The van der Waals surface area contributed by atoms with Crippen molar-refractivity contribution in [2.75, 3.05) is 24.2 Å². The van der Waals surface area contributed by atoms with Crippen LogP contribution in [0.25, 0.3) is 0 Å². The Hall–Kier alpha value is -2.69. The molecule has 0 aromatic heterocycles. The minimum Gasteiger partial charge on any atom is -0.371 e. The lowest BCUT2D eigenvalue weighted by Gasteiger charge is -2.10. The van der Waals surface area contributed by atoms with Crippen molar-refractivity contribution in [1.29, 1.82) is 0 Å². The first kappa shape index (κ1) is 19.6. The Morgan fingerprint density at radius 1 is 1.19 bits per heavy atom. The highest BCUT2D eigenvalue weighted by molar-refractivity contribution is 7.89. The van der Waals surface area contributed by atoms with E-state index in [1.54, 1.807) is 24.3 Å². The lowest BCUT2D eigenvalue weighted by Crippen LogP contribution is -2.22. The van der Waals surface area contributed by atoms with E-state index in [1.165, 1.54) is 19.2 Å². The molecule has 3 N–H and O–H groups in total.